The Labute approximate surface area is 111 Å². The van der Waals surface area contributed by atoms with Gasteiger partial charge in [-0.3, -0.25) is 0 Å². The minimum atomic E-state index is -0.479. The molecule has 0 aliphatic rings. The first kappa shape index (κ1) is 13.1. The molecule has 0 aliphatic carbocycles. The summed E-state index contributed by atoms with van der Waals surface area (Å²) in [6.45, 7) is 5.71. The van der Waals surface area contributed by atoms with Crippen LogP contribution in [0.4, 0.5) is 0 Å². The van der Waals surface area contributed by atoms with Crippen molar-refractivity contribution in [3.63, 3.8) is 0 Å². The van der Waals surface area contributed by atoms with Crippen LogP contribution >= 0.6 is 11.3 Å². The lowest BCUT2D eigenvalue weighted by molar-refractivity contribution is 0.202. The van der Waals surface area contributed by atoms with Gasteiger partial charge in [0.2, 0.25) is 0 Å². The highest BCUT2D eigenvalue weighted by Crippen LogP contribution is 2.36. The first-order valence-corrected chi connectivity index (χ1v) is 6.65. The summed E-state index contributed by atoms with van der Waals surface area (Å²) in [5, 5.41) is 10.6. The summed E-state index contributed by atoms with van der Waals surface area (Å²) in [6, 6.07) is 6.04. The number of nitrogens with zero attached hydrogens (tertiary/aromatic N) is 1. The monoisotopic (exact) mass is 263 g/mol. The molecule has 0 radical (unpaired) electrons. The fraction of sp³-hybridized carbons (Fsp3) is 0.357. The van der Waals surface area contributed by atoms with Crippen LogP contribution in [-0.4, -0.2) is 17.2 Å². The molecule has 2 rings (SSSR count). The van der Waals surface area contributed by atoms with Crippen LogP contribution in [0.15, 0.2) is 18.2 Å². The molecule has 18 heavy (non-hydrogen) atoms. The Morgan fingerprint density at radius 1 is 1.33 bits per heavy atom. The second-order valence-electron chi connectivity index (χ2n) is 4.35. The van der Waals surface area contributed by atoms with Crippen LogP contribution in [0, 0.1) is 13.8 Å². The lowest BCUT2D eigenvalue weighted by atomic mass is 10.1. The van der Waals surface area contributed by atoms with Crippen LogP contribution in [0.3, 0.4) is 0 Å². The van der Waals surface area contributed by atoms with Crippen LogP contribution in [-0.2, 0) is 0 Å². The van der Waals surface area contributed by atoms with Crippen molar-refractivity contribution in [3.8, 4) is 16.3 Å². The Kier molecular flexibility index (Phi) is 3.68. The Balaban J connectivity index is 2.52. The normalized spacial score (nSPS) is 12.5. The molecule has 1 unspecified atom stereocenters. The molecular formula is C14H17NO2S. The highest BCUT2D eigenvalue weighted by molar-refractivity contribution is 7.15. The zero-order chi connectivity index (χ0) is 13.3. The number of aryl methyl sites for hydroxylation is 2. The van der Waals surface area contributed by atoms with Crippen molar-refractivity contribution in [1.82, 2.24) is 4.98 Å². The molecule has 1 aromatic heterocycles. The first-order chi connectivity index (χ1) is 8.52. The fourth-order valence-electron chi connectivity index (χ4n) is 1.89. The number of hydrogen-bond acceptors (Lipinski definition) is 4. The van der Waals surface area contributed by atoms with E-state index in [0.29, 0.717) is 0 Å². The number of benzene rings is 1. The van der Waals surface area contributed by atoms with Crippen molar-refractivity contribution in [2.24, 2.45) is 0 Å². The third-order valence-corrected chi connectivity index (χ3v) is 4.16. The van der Waals surface area contributed by atoms with Gasteiger partial charge in [0.05, 0.1) is 29.3 Å². The van der Waals surface area contributed by atoms with Crippen molar-refractivity contribution in [2.75, 3.05) is 7.11 Å². The quantitative estimate of drug-likeness (QED) is 0.921. The van der Waals surface area contributed by atoms with Gasteiger partial charge in [-0.15, -0.1) is 11.3 Å². The van der Waals surface area contributed by atoms with E-state index in [9.17, 15) is 5.11 Å². The van der Waals surface area contributed by atoms with E-state index in [1.54, 1.807) is 14.0 Å². The van der Waals surface area contributed by atoms with Gasteiger partial charge in [0, 0.05) is 0 Å². The number of hydrogen-bond donors (Lipinski definition) is 1. The molecule has 0 fully saturated rings. The number of ether oxygens (including phenoxy) is 1. The minimum absolute atomic E-state index is 0.479. The second kappa shape index (κ2) is 5.08. The summed E-state index contributed by atoms with van der Waals surface area (Å²) in [5.74, 6) is 0.820. The summed E-state index contributed by atoms with van der Waals surface area (Å²) in [6.07, 6.45) is -0.479. The predicted octanol–water partition coefficient (Wildman–Crippen LogP) is 3.49. The first-order valence-electron chi connectivity index (χ1n) is 5.83. The number of thiazole rings is 1. The summed E-state index contributed by atoms with van der Waals surface area (Å²) in [5.41, 5.74) is 3.01. The fourth-order valence-corrected chi connectivity index (χ4v) is 2.92. The van der Waals surface area contributed by atoms with Crippen LogP contribution in [0.2, 0.25) is 0 Å². The zero-order valence-corrected chi connectivity index (χ0v) is 11.8. The van der Waals surface area contributed by atoms with E-state index >= 15 is 0 Å². The molecular weight excluding hydrogens is 246 g/mol. The Hall–Kier alpha value is -1.39. The number of aromatic nitrogens is 1. The zero-order valence-electron chi connectivity index (χ0n) is 11.0. The van der Waals surface area contributed by atoms with Crippen molar-refractivity contribution in [3.05, 3.63) is 34.3 Å². The lowest BCUT2D eigenvalue weighted by Gasteiger charge is -2.06. The second-order valence-corrected chi connectivity index (χ2v) is 5.38. The maximum absolute atomic E-state index is 9.67. The average Bonchev–Trinajstić information content (AvgIpc) is 2.71. The molecule has 1 aromatic carbocycles. The summed E-state index contributed by atoms with van der Waals surface area (Å²) in [7, 11) is 1.66. The Morgan fingerprint density at radius 3 is 2.61 bits per heavy atom. The predicted molar refractivity (Wildman–Crippen MR) is 74.2 cm³/mol. The SMILES string of the molecule is COc1cc(C)ccc1-c1nc(C)c(C(C)O)s1. The third-order valence-electron chi connectivity index (χ3n) is 2.80. The summed E-state index contributed by atoms with van der Waals surface area (Å²) in [4.78, 5) is 5.43. The van der Waals surface area contributed by atoms with E-state index < -0.39 is 6.10 Å². The van der Waals surface area contributed by atoms with Crippen LogP contribution in [0.25, 0.3) is 10.6 Å². The molecule has 0 saturated heterocycles. The van der Waals surface area contributed by atoms with Crippen molar-refractivity contribution in [2.45, 2.75) is 26.9 Å². The number of aliphatic hydroxyl groups is 1. The number of aliphatic hydroxyl groups excluding tert-OH is 1. The average molecular weight is 263 g/mol. The van der Waals surface area contributed by atoms with E-state index in [4.69, 9.17) is 4.74 Å². The molecule has 3 nitrogen and oxygen atoms in total. The Bertz CT molecular complexity index is 561. The Morgan fingerprint density at radius 2 is 2.06 bits per heavy atom. The number of rotatable bonds is 3. The topological polar surface area (TPSA) is 42.4 Å². The van der Waals surface area contributed by atoms with E-state index in [-0.39, 0.29) is 0 Å². The van der Waals surface area contributed by atoms with Gasteiger partial charge >= 0.3 is 0 Å². The van der Waals surface area contributed by atoms with E-state index in [0.717, 1.165) is 32.5 Å². The van der Waals surface area contributed by atoms with Gasteiger partial charge in [0.25, 0.3) is 0 Å². The highest BCUT2D eigenvalue weighted by atomic mass is 32.1. The smallest absolute Gasteiger partial charge is 0.129 e. The van der Waals surface area contributed by atoms with Crippen molar-refractivity contribution < 1.29 is 9.84 Å². The van der Waals surface area contributed by atoms with Gasteiger partial charge in [-0.25, -0.2) is 4.98 Å². The minimum Gasteiger partial charge on any atom is -0.496 e. The molecule has 2 aromatic rings. The standard InChI is InChI=1S/C14H17NO2S/c1-8-5-6-11(12(7-8)17-4)14-15-9(2)13(18-14)10(3)16/h5-7,10,16H,1-4H3. The summed E-state index contributed by atoms with van der Waals surface area (Å²) < 4.78 is 5.39. The summed E-state index contributed by atoms with van der Waals surface area (Å²) >= 11 is 1.51. The molecule has 0 aliphatic heterocycles. The molecule has 1 atom stereocenters. The van der Waals surface area contributed by atoms with Gasteiger partial charge < -0.3 is 9.84 Å². The lowest BCUT2D eigenvalue weighted by Crippen LogP contribution is -1.89. The van der Waals surface area contributed by atoms with Gasteiger partial charge in [-0.05, 0) is 38.5 Å². The third kappa shape index (κ3) is 2.40. The van der Waals surface area contributed by atoms with Gasteiger partial charge in [-0.1, -0.05) is 6.07 Å². The van der Waals surface area contributed by atoms with Crippen molar-refractivity contribution >= 4 is 11.3 Å². The van der Waals surface area contributed by atoms with Crippen LogP contribution < -0.4 is 4.74 Å². The molecule has 1 N–H and O–H groups in total. The maximum atomic E-state index is 9.67. The highest BCUT2D eigenvalue weighted by Gasteiger charge is 2.15. The van der Waals surface area contributed by atoms with Gasteiger partial charge in [-0.2, -0.15) is 0 Å². The molecule has 1 heterocycles. The van der Waals surface area contributed by atoms with Gasteiger partial charge in [0.1, 0.15) is 10.8 Å². The molecule has 0 bridgehead atoms. The molecule has 0 spiro atoms. The number of methoxy groups -OCH3 is 1. The van der Waals surface area contributed by atoms with E-state index in [1.165, 1.54) is 11.3 Å². The van der Waals surface area contributed by atoms with Gasteiger partial charge in [0.15, 0.2) is 0 Å². The van der Waals surface area contributed by atoms with E-state index in [1.807, 2.05) is 32.0 Å². The molecule has 4 heteroatoms. The molecule has 0 amide bonds. The molecule has 0 saturated carbocycles. The van der Waals surface area contributed by atoms with Crippen molar-refractivity contribution in [1.29, 1.82) is 0 Å². The van der Waals surface area contributed by atoms with Crippen LogP contribution in [0.5, 0.6) is 5.75 Å². The maximum Gasteiger partial charge on any atom is 0.129 e. The largest absolute Gasteiger partial charge is 0.496 e. The van der Waals surface area contributed by atoms with E-state index in [2.05, 4.69) is 4.98 Å². The molecule has 96 valence electrons. The van der Waals surface area contributed by atoms with Crippen LogP contribution in [0.1, 0.15) is 29.2 Å².